The number of hydrogen-bond donors (Lipinski definition) is 1. The smallest absolute Gasteiger partial charge is 0.251 e. The molecule has 0 unspecified atom stereocenters. The van der Waals surface area contributed by atoms with E-state index < -0.39 is 0 Å². The zero-order valence-corrected chi connectivity index (χ0v) is 16.7. The molecule has 0 spiro atoms. The molecule has 1 aliphatic carbocycles. The Morgan fingerprint density at radius 3 is 2.22 bits per heavy atom. The van der Waals surface area contributed by atoms with Crippen LogP contribution in [-0.4, -0.2) is 12.5 Å². The normalized spacial score (nSPS) is 21.3. The lowest BCUT2D eigenvalue weighted by Gasteiger charge is -2.40. The van der Waals surface area contributed by atoms with Gasteiger partial charge in [-0.3, -0.25) is 4.79 Å². The SMILES string of the molecule is CC.CC1CCC(CNC(=O)c2ccc(C#N)cc2)(c2ccccc2)CC1. The molecule has 0 aliphatic heterocycles. The van der Waals surface area contributed by atoms with Crippen LogP contribution in [0.25, 0.3) is 0 Å². The van der Waals surface area contributed by atoms with Gasteiger partial charge in [0.05, 0.1) is 11.6 Å². The standard InChI is InChI=1S/C22H24N2O.C2H6/c1-17-11-13-22(14-12-17,20-5-3-2-4-6-20)16-24-21(25)19-9-7-18(15-23)8-10-19;1-2/h2-10,17H,11-14,16H2,1H3,(H,24,25);1-2H3. The van der Waals surface area contributed by atoms with Gasteiger partial charge in [0.25, 0.3) is 5.91 Å². The number of rotatable bonds is 4. The molecule has 1 N–H and O–H groups in total. The van der Waals surface area contributed by atoms with Gasteiger partial charge in [0.2, 0.25) is 0 Å². The Hall–Kier alpha value is -2.60. The quantitative estimate of drug-likeness (QED) is 0.785. The van der Waals surface area contributed by atoms with Gasteiger partial charge in [-0.25, -0.2) is 0 Å². The number of amides is 1. The van der Waals surface area contributed by atoms with Crippen molar-refractivity contribution in [2.45, 2.75) is 51.9 Å². The second-order valence-electron chi connectivity index (χ2n) is 7.20. The molecule has 3 heteroatoms. The van der Waals surface area contributed by atoms with Crippen LogP contribution in [0.4, 0.5) is 0 Å². The van der Waals surface area contributed by atoms with Crippen LogP contribution in [0.5, 0.6) is 0 Å². The predicted octanol–water partition coefficient (Wildman–Crippen LogP) is 5.46. The van der Waals surface area contributed by atoms with Gasteiger partial charge in [-0.05, 0) is 61.4 Å². The van der Waals surface area contributed by atoms with Crippen molar-refractivity contribution in [2.24, 2.45) is 5.92 Å². The third-order valence-corrected chi connectivity index (χ3v) is 5.48. The minimum absolute atomic E-state index is 0.0238. The van der Waals surface area contributed by atoms with Gasteiger partial charge < -0.3 is 5.32 Å². The zero-order valence-electron chi connectivity index (χ0n) is 16.7. The highest BCUT2D eigenvalue weighted by Crippen LogP contribution is 2.41. The van der Waals surface area contributed by atoms with E-state index in [4.69, 9.17) is 5.26 Å². The van der Waals surface area contributed by atoms with Gasteiger partial charge in [-0.15, -0.1) is 0 Å². The van der Waals surface area contributed by atoms with Crippen LogP contribution >= 0.6 is 0 Å². The molecule has 0 atom stereocenters. The van der Waals surface area contributed by atoms with Gasteiger partial charge in [-0.1, -0.05) is 51.1 Å². The Bertz CT molecular complexity index is 751. The van der Waals surface area contributed by atoms with Crippen LogP contribution in [0.2, 0.25) is 0 Å². The van der Waals surface area contributed by atoms with E-state index in [1.807, 2.05) is 19.9 Å². The second-order valence-corrected chi connectivity index (χ2v) is 7.20. The highest BCUT2D eigenvalue weighted by molar-refractivity contribution is 5.94. The molecule has 142 valence electrons. The van der Waals surface area contributed by atoms with E-state index in [1.54, 1.807) is 24.3 Å². The molecule has 0 heterocycles. The number of hydrogen-bond acceptors (Lipinski definition) is 2. The summed E-state index contributed by atoms with van der Waals surface area (Å²) < 4.78 is 0. The molecule has 0 saturated heterocycles. The average molecular weight is 363 g/mol. The minimum Gasteiger partial charge on any atom is -0.351 e. The molecule has 1 saturated carbocycles. The first-order chi connectivity index (χ1) is 13.1. The summed E-state index contributed by atoms with van der Waals surface area (Å²) in [4.78, 5) is 12.5. The highest BCUT2D eigenvalue weighted by Gasteiger charge is 2.36. The van der Waals surface area contributed by atoms with Crippen LogP contribution in [-0.2, 0) is 5.41 Å². The fraction of sp³-hybridized carbons (Fsp3) is 0.417. The van der Waals surface area contributed by atoms with E-state index in [0.29, 0.717) is 17.7 Å². The monoisotopic (exact) mass is 362 g/mol. The molecule has 1 aliphatic rings. The molecule has 2 aromatic carbocycles. The fourth-order valence-corrected chi connectivity index (χ4v) is 3.72. The largest absolute Gasteiger partial charge is 0.351 e. The Kier molecular flexibility index (Phi) is 7.61. The van der Waals surface area contributed by atoms with E-state index in [9.17, 15) is 4.79 Å². The van der Waals surface area contributed by atoms with Crippen molar-refractivity contribution in [2.75, 3.05) is 6.54 Å². The molecule has 2 aromatic rings. The first kappa shape index (κ1) is 20.7. The number of nitrogens with zero attached hydrogens (tertiary/aromatic N) is 1. The summed E-state index contributed by atoms with van der Waals surface area (Å²) in [6, 6.07) is 19.4. The molecule has 27 heavy (non-hydrogen) atoms. The molecule has 3 rings (SSSR count). The fourth-order valence-electron chi connectivity index (χ4n) is 3.72. The first-order valence-electron chi connectivity index (χ1n) is 9.97. The van der Waals surface area contributed by atoms with Crippen molar-refractivity contribution in [1.82, 2.24) is 5.32 Å². The third-order valence-electron chi connectivity index (χ3n) is 5.48. The van der Waals surface area contributed by atoms with Gasteiger partial charge >= 0.3 is 0 Å². The second kappa shape index (κ2) is 9.92. The Labute approximate surface area is 163 Å². The Morgan fingerprint density at radius 2 is 1.67 bits per heavy atom. The summed E-state index contributed by atoms with van der Waals surface area (Å²) in [5, 5.41) is 12.0. The summed E-state index contributed by atoms with van der Waals surface area (Å²) in [6.07, 6.45) is 4.60. The maximum absolute atomic E-state index is 12.5. The lowest BCUT2D eigenvalue weighted by atomic mass is 9.67. The van der Waals surface area contributed by atoms with E-state index in [2.05, 4.69) is 42.6 Å². The van der Waals surface area contributed by atoms with E-state index in [0.717, 1.165) is 18.8 Å². The van der Waals surface area contributed by atoms with Crippen LogP contribution in [0.1, 0.15) is 67.9 Å². The topological polar surface area (TPSA) is 52.9 Å². The summed E-state index contributed by atoms with van der Waals surface area (Å²) in [6.45, 7) is 6.97. The summed E-state index contributed by atoms with van der Waals surface area (Å²) in [5.74, 6) is 0.685. The third kappa shape index (κ3) is 5.20. The highest BCUT2D eigenvalue weighted by atomic mass is 16.1. The van der Waals surface area contributed by atoms with Crippen LogP contribution in [0.15, 0.2) is 54.6 Å². The Morgan fingerprint density at radius 1 is 1.07 bits per heavy atom. The first-order valence-corrected chi connectivity index (χ1v) is 9.97. The van der Waals surface area contributed by atoms with Crippen molar-refractivity contribution >= 4 is 5.91 Å². The lowest BCUT2D eigenvalue weighted by molar-refractivity contribution is 0.0933. The molecule has 0 bridgehead atoms. The van der Waals surface area contributed by atoms with E-state index >= 15 is 0 Å². The van der Waals surface area contributed by atoms with Crippen molar-refractivity contribution in [3.05, 3.63) is 71.3 Å². The molecular formula is C24H30N2O. The predicted molar refractivity (Wildman–Crippen MR) is 111 cm³/mol. The molecule has 0 radical (unpaired) electrons. The molecule has 3 nitrogen and oxygen atoms in total. The number of nitriles is 1. The summed E-state index contributed by atoms with van der Waals surface area (Å²) >= 11 is 0. The number of nitrogens with one attached hydrogen (secondary N) is 1. The number of carbonyl (C=O) groups is 1. The summed E-state index contributed by atoms with van der Waals surface area (Å²) in [5.41, 5.74) is 2.52. The number of carbonyl (C=O) groups excluding carboxylic acids is 1. The van der Waals surface area contributed by atoms with E-state index in [1.165, 1.54) is 18.4 Å². The van der Waals surface area contributed by atoms with Crippen LogP contribution < -0.4 is 5.32 Å². The van der Waals surface area contributed by atoms with Gasteiger partial charge in [-0.2, -0.15) is 5.26 Å². The van der Waals surface area contributed by atoms with Crippen LogP contribution in [0, 0.1) is 17.2 Å². The maximum Gasteiger partial charge on any atom is 0.251 e. The Balaban J connectivity index is 0.00000126. The van der Waals surface area contributed by atoms with Crippen molar-refractivity contribution in [1.29, 1.82) is 5.26 Å². The van der Waals surface area contributed by atoms with Gasteiger partial charge in [0.1, 0.15) is 0 Å². The lowest BCUT2D eigenvalue weighted by Crippen LogP contribution is -2.43. The maximum atomic E-state index is 12.5. The van der Waals surface area contributed by atoms with Crippen molar-refractivity contribution in [3.8, 4) is 6.07 Å². The minimum atomic E-state index is -0.0709. The number of benzene rings is 2. The molecular weight excluding hydrogens is 332 g/mol. The average Bonchev–Trinajstić information content (AvgIpc) is 2.75. The molecule has 0 aromatic heterocycles. The summed E-state index contributed by atoms with van der Waals surface area (Å²) in [7, 11) is 0. The zero-order chi connectivity index (χ0) is 19.7. The van der Waals surface area contributed by atoms with Crippen LogP contribution in [0.3, 0.4) is 0 Å². The van der Waals surface area contributed by atoms with Crippen molar-refractivity contribution in [3.63, 3.8) is 0 Å². The van der Waals surface area contributed by atoms with Gasteiger partial charge in [0, 0.05) is 17.5 Å². The van der Waals surface area contributed by atoms with E-state index in [-0.39, 0.29) is 11.3 Å². The molecule has 1 amide bonds. The van der Waals surface area contributed by atoms with Crippen molar-refractivity contribution < 1.29 is 4.79 Å². The molecule has 1 fully saturated rings. The van der Waals surface area contributed by atoms with Gasteiger partial charge in [0.15, 0.2) is 0 Å².